The van der Waals surface area contributed by atoms with Gasteiger partial charge in [-0.2, -0.15) is 0 Å². The fourth-order valence-electron chi connectivity index (χ4n) is 4.33. The molecule has 1 aliphatic carbocycles. The molecule has 1 aromatic carbocycles. The number of halogens is 1. The lowest BCUT2D eigenvalue weighted by Crippen LogP contribution is -2.50. The highest BCUT2D eigenvalue weighted by molar-refractivity contribution is 5.94. The first kappa shape index (κ1) is 28.1. The number of fused-ring (bicyclic) bond motifs is 1. The first-order chi connectivity index (χ1) is 18.4. The standard InChI is InChI=1S/C28H34FN3O7/c1-17(2)25(34)37-12-13-38-26(35)20-16-32(18-6-7-18)22-15-23(21(29)14-19(22)24(20)33)30-8-10-31(11-9-30)27(36)39-28(3,4)5/h14-16,18H,1,6-13H2,2-5H3. The second-order valence-corrected chi connectivity index (χ2v) is 10.8. The molecule has 1 amide bonds. The summed E-state index contributed by atoms with van der Waals surface area (Å²) in [5.41, 5.74) is -0.372. The number of rotatable bonds is 7. The summed E-state index contributed by atoms with van der Waals surface area (Å²) < 4.78 is 32.7. The normalized spacial score (nSPS) is 15.7. The third kappa shape index (κ3) is 6.58. The summed E-state index contributed by atoms with van der Waals surface area (Å²) in [6.07, 6.45) is 2.79. The maximum Gasteiger partial charge on any atom is 0.410 e. The SMILES string of the molecule is C=C(C)C(=O)OCCOC(=O)c1cn(C2CC2)c2cc(N3CCN(C(=O)OC(C)(C)C)CC3)c(F)cc2c1=O. The fourth-order valence-corrected chi connectivity index (χ4v) is 4.33. The summed E-state index contributed by atoms with van der Waals surface area (Å²) in [5.74, 6) is -2.07. The predicted octanol–water partition coefficient (Wildman–Crippen LogP) is 3.81. The van der Waals surface area contributed by atoms with E-state index < -0.39 is 34.9 Å². The van der Waals surface area contributed by atoms with Gasteiger partial charge in [0, 0.05) is 49.4 Å². The first-order valence-electron chi connectivity index (χ1n) is 13.0. The third-order valence-electron chi connectivity index (χ3n) is 6.43. The van der Waals surface area contributed by atoms with Crippen LogP contribution in [0, 0.1) is 5.82 Å². The third-order valence-corrected chi connectivity index (χ3v) is 6.43. The van der Waals surface area contributed by atoms with Crippen molar-refractivity contribution in [3.63, 3.8) is 0 Å². The number of hydrogen-bond donors (Lipinski definition) is 0. The molecule has 1 saturated carbocycles. The molecule has 11 heteroatoms. The molecule has 0 bridgehead atoms. The molecule has 2 aliphatic rings. The number of esters is 2. The maximum atomic E-state index is 15.4. The Balaban J connectivity index is 1.54. The van der Waals surface area contributed by atoms with Gasteiger partial charge in [-0.05, 0) is 52.7 Å². The summed E-state index contributed by atoms with van der Waals surface area (Å²) >= 11 is 0. The van der Waals surface area contributed by atoms with Gasteiger partial charge < -0.3 is 28.6 Å². The fraction of sp³-hybridized carbons (Fsp3) is 0.500. The molecule has 0 spiro atoms. The van der Waals surface area contributed by atoms with Gasteiger partial charge in [0.15, 0.2) is 0 Å². The molecule has 210 valence electrons. The summed E-state index contributed by atoms with van der Waals surface area (Å²) in [5, 5.41) is 0.0821. The molecule has 2 aromatic rings. The number of piperazine rings is 1. The zero-order chi connectivity index (χ0) is 28.5. The van der Waals surface area contributed by atoms with Crippen LogP contribution in [-0.4, -0.2) is 72.5 Å². The number of anilines is 1. The Hall–Kier alpha value is -3.89. The highest BCUT2D eigenvalue weighted by Crippen LogP contribution is 2.38. The number of amides is 1. The topological polar surface area (TPSA) is 107 Å². The van der Waals surface area contributed by atoms with Gasteiger partial charge in [-0.1, -0.05) is 6.58 Å². The quantitative estimate of drug-likeness (QED) is 0.225. The number of benzene rings is 1. The average Bonchev–Trinajstić information content (AvgIpc) is 3.71. The molecular weight excluding hydrogens is 509 g/mol. The van der Waals surface area contributed by atoms with Crippen molar-refractivity contribution in [2.45, 2.75) is 52.2 Å². The van der Waals surface area contributed by atoms with Crippen molar-refractivity contribution in [2.75, 3.05) is 44.3 Å². The van der Waals surface area contributed by atoms with Crippen LogP contribution in [0.25, 0.3) is 10.9 Å². The second kappa shape index (κ2) is 11.1. The Morgan fingerprint density at radius 3 is 2.28 bits per heavy atom. The summed E-state index contributed by atoms with van der Waals surface area (Å²) in [4.78, 5) is 53.2. The monoisotopic (exact) mass is 543 g/mol. The summed E-state index contributed by atoms with van der Waals surface area (Å²) in [6.45, 7) is 11.5. The first-order valence-corrected chi connectivity index (χ1v) is 13.0. The van der Waals surface area contributed by atoms with Crippen LogP contribution in [0.2, 0.25) is 0 Å². The number of carbonyl (C=O) groups excluding carboxylic acids is 3. The largest absolute Gasteiger partial charge is 0.459 e. The van der Waals surface area contributed by atoms with Crippen LogP contribution in [0.3, 0.4) is 0 Å². The minimum atomic E-state index is -0.870. The van der Waals surface area contributed by atoms with Crippen molar-refractivity contribution >= 4 is 34.6 Å². The summed E-state index contributed by atoms with van der Waals surface area (Å²) in [7, 11) is 0. The van der Waals surface area contributed by atoms with E-state index in [9.17, 15) is 19.2 Å². The molecule has 0 unspecified atom stereocenters. The Kier molecular flexibility index (Phi) is 7.99. The minimum Gasteiger partial charge on any atom is -0.459 e. The van der Waals surface area contributed by atoms with E-state index in [1.807, 2.05) is 9.47 Å². The van der Waals surface area contributed by atoms with Gasteiger partial charge in [0.25, 0.3) is 0 Å². The van der Waals surface area contributed by atoms with Gasteiger partial charge in [0.1, 0.15) is 30.2 Å². The molecule has 1 saturated heterocycles. The van der Waals surface area contributed by atoms with E-state index in [4.69, 9.17) is 14.2 Å². The number of nitrogens with zero attached hydrogens (tertiary/aromatic N) is 3. The average molecular weight is 544 g/mol. The molecule has 2 fully saturated rings. The van der Waals surface area contributed by atoms with Crippen LogP contribution >= 0.6 is 0 Å². The van der Waals surface area contributed by atoms with Gasteiger partial charge >= 0.3 is 18.0 Å². The van der Waals surface area contributed by atoms with Crippen molar-refractivity contribution in [1.29, 1.82) is 0 Å². The molecule has 2 heterocycles. The van der Waals surface area contributed by atoms with E-state index in [0.717, 1.165) is 18.9 Å². The van der Waals surface area contributed by atoms with Crippen molar-refractivity contribution in [1.82, 2.24) is 9.47 Å². The lowest BCUT2D eigenvalue weighted by molar-refractivity contribution is -0.140. The predicted molar refractivity (Wildman–Crippen MR) is 143 cm³/mol. The smallest absolute Gasteiger partial charge is 0.410 e. The Bertz CT molecular complexity index is 1370. The molecule has 1 aromatic heterocycles. The number of ether oxygens (including phenoxy) is 3. The lowest BCUT2D eigenvalue weighted by Gasteiger charge is -2.37. The number of pyridine rings is 1. The number of aromatic nitrogens is 1. The Morgan fingerprint density at radius 2 is 1.69 bits per heavy atom. The summed E-state index contributed by atoms with van der Waals surface area (Å²) in [6, 6.07) is 2.88. The maximum absolute atomic E-state index is 15.4. The van der Waals surface area contributed by atoms with Crippen LogP contribution in [-0.2, 0) is 19.0 Å². The molecule has 0 atom stereocenters. The van der Waals surface area contributed by atoms with Crippen LogP contribution < -0.4 is 10.3 Å². The molecular formula is C28H34FN3O7. The van der Waals surface area contributed by atoms with E-state index in [2.05, 4.69) is 6.58 Å². The van der Waals surface area contributed by atoms with Crippen LogP contribution in [0.15, 0.2) is 35.3 Å². The van der Waals surface area contributed by atoms with Gasteiger partial charge in [0.05, 0.1) is 11.2 Å². The highest BCUT2D eigenvalue weighted by atomic mass is 19.1. The van der Waals surface area contributed by atoms with E-state index >= 15 is 4.39 Å². The van der Waals surface area contributed by atoms with Gasteiger partial charge in [0.2, 0.25) is 5.43 Å². The van der Waals surface area contributed by atoms with Gasteiger partial charge in [-0.25, -0.2) is 18.8 Å². The molecule has 39 heavy (non-hydrogen) atoms. The van der Waals surface area contributed by atoms with Crippen LogP contribution in [0.1, 0.15) is 56.9 Å². The number of carbonyl (C=O) groups is 3. The van der Waals surface area contributed by atoms with Crippen molar-refractivity contribution in [3.8, 4) is 0 Å². The van der Waals surface area contributed by atoms with E-state index in [-0.39, 0.29) is 35.8 Å². The zero-order valence-corrected chi connectivity index (χ0v) is 22.8. The lowest BCUT2D eigenvalue weighted by atomic mass is 10.1. The van der Waals surface area contributed by atoms with Gasteiger partial charge in [-0.15, -0.1) is 0 Å². The van der Waals surface area contributed by atoms with E-state index in [0.29, 0.717) is 37.4 Å². The minimum absolute atomic E-state index is 0.0819. The van der Waals surface area contributed by atoms with Gasteiger partial charge in [-0.3, -0.25) is 4.79 Å². The van der Waals surface area contributed by atoms with Crippen LogP contribution in [0.5, 0.6) is 0 Å². The highest BCUT2D eigenvalue weighted by Gasteiger charge is 2.30. The van der Waals surface area contributed by atoms with Crippen LogP contribution in [0.4, 0.5) is 14.9 Å². The molecule has 4 rings (SSSR count). The zero-order valence-electron chi connectivity index (χ0n) is 22.8. The molecule has 10 nitrogen and oxygen atoms in total. The Labute approximate surface area is 225 Å². The Morgan fingerprint density at radius 1 is 1.05 bits per heavy atom. The molecule has 0 N–H and O–H groups in total. The molecule has 1 aliphatic heterocycles. The van der Waals surface area contributed by atoms with E-state index in [1.165, 1.54) is 13.1 Å². The second-order valence-electron chi connectivity index (χ2n) is 10.8. The molecule has 0 radical (unpaired) electrons. The van der Waals surface area contributed by atoms with Crippen molar-refractivity contribution < 1.29 is 33.0 Å². The van der Waals surface area contributed by atoms with Crippen molar-refractivity contribution in [3.05, 3.63) is 52.1 Å². The van der Waals surface area contributed by atoms with E-state index in [1.54, 1.807) is 31.7 Å². The number of hydrogen-bond acceptors (Lipinski definition) is 8. The van der Waals surface area contributed by atoms with Crippen molar-refractivity contribution in [2.24, 2.45) is 0 Å².